The van der Waals surface area contributed by atoms with E-state index >= 15 is 0 Å². The lowest BCUT2D eigenvalue weighted by molar-refractivity contribution is 0.330. The van der Waals surface area contributed by atoms with Gasteiger partial charge in [-0.1, -0.05) is 35.5 Å². The molecule has 2 aromatic rings. The van der Waals surface area contributed by atoms with E-state index in [9.17, 15) is 8.42 Å². The molecule has 24 heavy (non-hydrogen) atoms. The van der Waals surface area contributed by atoms with Gasteiger partial charge >= 0.3 is 6.01 Å². The molecule has 0 atom stereocenters. The molecule has 8 heteroatoms. The van der Waals surface area contributed by atoms with Crippen molar-refractivity contribution in [3.05, 3.63) is 30.3 Å². The van der Waals surface area contributed by atoms with Crippen molar-refractivity contribution in [3.63, 3.8) is 0 Å². The van der Waals surface area contributed by atoms with Crippen LogP contribution in [0.3, 0.4) is 0 Å². The third-order valence-electron chi connectivity index (χ3n) is 4.27. The Labute approximate surface area is 141 Å². The lowest BCUT2D eigenvalue weighted by Gasteiger charge is -2.28. The number of sulfonamides is 1. The molecule has 0 aliphatic heterocycles. The maximum atomic E-state index is 11.1. The first-order valence-corrected chi connectivity index (χ1v) is 9.99. The zero-order valence-electron chi connectivity index (χ0n) is 13.6. The van der Waals surface area contributed by atoms with E-state index < -0.39 is 10.0 Å². The van der Waals surface area contributed by atoms with Crippen LogP contribution in [-0.4, -0.2) is 37.4 Å². The number of hydrogen-bond acceptors (Lipinski definition) is 6. The largest absolute Gasteiger partial charge is 0.335 e. The van der Waals surface area contributed by atoms with Gasteiger partial charge in [0.05, 0.1) is 6.26 Å². The molecule has 1 fully saturated rings. The Morgan fingerprint density at radius 2 is 1.88 bits per heavy atom. The molecule has 1 heterocycles. The highest BCUT2D eigenvalue weighted by atomic mass is 32.2. The summed E-state index contributed by atoms with van der Waals surface area (Å²) in [4.78, 5) is 4.38. The predicted octanol–water partition coefficient (Wildman–Crippen LogP) is 2.26. The monoisotopic (exact) mass is 350 g/mol. The molecule has 2 N–H and O–H groups in total. The fraction of sp³-hybridized carbons (Fsp3) is 0.500. The summed E-state index contributed by atoms with van der Waals surface area (Å²) in [5, 5.41) is 7.28. The highest BCUT2D eigenvalue weighted by Gasteiger charge is 2.23. The summed E-state index contributed by atoms with van der Waals surface area (Å²) in [6, 6.07) is 10.4. The van der Waals surface area contributed by atoms with Gasteiger partial charge in [-0.05, 0) is 31.6 Å². The average molecular weight is 350 g/mol. The summed E-state index contributed by atoms with van der Waals surface area (Å²) < 4.78 is 30.2. The molecule has 1 aliphatic rings. The second kappa shape index (κ2) is 7.31. The minimum Gasteiger partial charge on any atom is -0.335 e. The SMILES string of the molecule is CS(=O)(=O)NC[C@H]1CC[C@H](Nc2nc(-c3ccccc3)no2)CC1. The van der Waals surface area contributed by atoms with E-state index in [2.05, 4.69) is 20.2 Å². The number of anilines is 1. The number of rotatable bonds is 6. The molecule has 1 aromatic carbocycles. The van der Waals surface area contributed by atoms with Crippen LogP contribution in [0.2, 0.25) is 0 Å². The van der Waals surface area contributed by atoms with Gasteiger partial charge in [-0.3, -0.25) is 0 Å². The van der Waals surface area contributed by atoms with Crippen LogP contribution in [0, 0.1) is 5.92 Å². The van der Waals surface area contributed by atoms with Crippen molar-refractivity contribution >= 4 is 16.0 Å². The molecule has 1 aromatic heterocycles. The van der Waals surface area contributed by atoms with Crippen LogP contribution >= 0.6 is 0 Å². The number of hydrogen-bond donors (Lipinski definition) is 2. The van der Waals surface area contributed by atoms with Crippen molar-refractivity contribution in [2.45, 2.75) is 31.7 Å². The Hall–Kier alpha value is -1.93. The van der Waals surface area contributed by atoms with Crippen molar-refractivity contribution in [1.29, 1.82) is 0 Å². The molecule has 130 valence electrons. The van der Waals surface area contributed by atoms with E-state index in [-0.39, 0.29) is 6.04 Å². The maximum absolute atomic E-state index is 11.1. The minimum absolute atomic E-state index is 0.281. The predicted molar refractivity (Wildman–Crippen MR) is 91.9 cm³/mol. The Bertz CT molecular complexity index is 753. The van der Waals surface area contributed by atoms with E-state index in [0.29, 0.717) is 24.3 Å². The lowest BCUT2D eigenvalue weighted by atomic mass is 9.86. The summed E-state index contributed by atoms with van der Waals surface area (Å²) in [6.45, 7) is 0.518. The van der Waals surface area contributed by atoms with E-state index in [4.69, 9.17) is 4.52 Å². The van der Waals surface area contributed by atoms with Gasteiger partial charge in [0.1, 0.15) is 0 Å². The van der Waals surface area contributed by atoms with Crippen molar-refractivity contribution in [2.24, 2.45) is 5.92 Å². The standard InChI is InChI=1S/C16H22N4O3S/c1-24(21,22)17-11-12-7-9-14(10-8-12)18-16-19-15(20-23-16)13-5-3-2-4-6-13/h2-6,12,14,17H,7-11H2,1H3,(H,18,19,20)/t12-,14-. The van der Waals surface area contributed by atoms with Crippen LogP contribution in [0.15, 0.2) is 34.9 Å². The van der Waals surface area contributed by atoms with Gasteiger partial charge in [0.2, 0.25) is 15.8 Å². The number of benzene rings is 1. The van der Waals surface area contributed by atoms with E-state index in [1.807, 2.05) is 30.3 Å². The van der Waals surface area contributed by atoms with Gasteiger partial charge in [0.25, 0.3) is 0 Å². The van der Waals surface area contributed by atoms with Gasteiger partial charge in [0.15, 0.2) is 0 Å². The summed E-state index contributed by atoms with van der Waals surface area (Å²) >= 11 is 0. The fourth-order valence-corrected chi connectivity index (χ4v) is 3.48. The first-order valence-electron chi connectivity index (χ1n) is 8.10. The first-order chi connectivity index (χ1) is 11.5. The van der Waals surface area contributed by atoms with Gasteiger partial charge in [-0.15, -0.1) is 0 Å². The molecule has 0 bridgehead atoms. The van der Waals surface area contributed by atoms with Crippen LogP contribution in [0.5, 0.6) is 0 Å². The molecule has 0 spiro atoms. The highest BCUT2D eigenvalue weighted by molar-refractivity contribution is 7.88. The molecule has 0 unspecified atom stereocenters. The van der Waals surface area contributed by atoms with Crippen molar-refractivity contribution < 1.29 is 12.9 Å². The first kappa shape index (κ1) is 16.9. The molecule has 1 aliphatic carbocycles. The molecule has 1 saturated carbocycles. The van der Waals surface area contributed by atoms with Crippen LogP contribution in [0.25, 0.3) is 11.4 Å². The van der Waals surface area contributed by atoms with Gasteiger partial charge < -0.3 is 9.84 Å². The fourth-order valence-electron chi connectivity index (χ4n) is 2.94. The number of nitrogens with one attached hydrogen (secondary N) is 2. The molecular formula is C16H22N4O3S. The molecular weight excluding hydrogens is 328 g/mol. The lowest BCUT2D eigenvalue weighted by Crippen LogP contribution is -2.33. The van der Waals surface area contributed by atoms with Crippen LogP contribution < -0.4 is 10.0 Å². The van der Waals surface area contributed by atoms with E-state index in [1.54, 1.807) is 0 Å². The van der Waals surface area contributed by atoms with E-state index in [0.717, 1.165) is 31.2 Å². The molecule has 0 radical (unpaired) electrons. The summed E-state index contributed by atoms with van der Waals surface area (Å²) in [5.41, 5.74) is 0.921. The molecule has 7 nitrogen and oxygen atoms in total. The van der Waals surface area contributed by atoms with Crippen LogP contribution in [0.4, 0.5) is 6.01 Å². The van der Waals surface area contributed by atoms with Crippen molar-refractivity contribution in [3.8, 4) is 11.4 Å². The van der Waals surface area contributed by atoms with Gasteiger partial charge in [-0.2, -0.15) is 4.98 Å². The molecule has 0 saturated heterocycles. The second-order valence-corrected chi connectivity index (χ2v) is 8.10. The zero-order chi connectivity index (χ0) is 17.0. The third kappa shape index (κ3) is 4.78. The molecule has 0 amide bonds. The number of aromatic nitrogens is 2. The Morgan fingerprint density at radius 3 is 2.54 bits per heavy atom. The van der Waals surface area contributed by atoms with Gasteiger partial charge in [-0.25, -0.2) is 13.1 Å². The Balaban J connectivity index is 1.49. The van der Waals surface area contributed by atoms with Crippen molar-refractivity contribution in [1.82, 2.24) is 14.9 Å². The summed E-state index contributed by atoms with van der Waals surface area (Å²) in [5.74, 6) is 0.962. The second-order valence-electron chi connectivity index (χ2n) is 6.27. The minimum atomic E-state index is -3.11. The van der Waals surface area contributed by atoms with Crippen LogP contribution in [-0.2, 0) is 10.0 Å². The van der Waals surface area contributed by atoms with Crippen molar-refractivity contribution in [2.75, 3.05) is 18.1 Å². The average Bonchev–Trinajstić information content (AvgIpc) is 3.03. The maximum Gasteiger partial charge on any atom is 0.322 e. The van der Waals surface area contributed by atoms with Gasteiger partial charge in [0, 0.05) is 18.2 Å². The summed E-state index contributed by atoms with van der Waals surface area (Å²) in [6.07, 6.45) is 5.05. The topological polar surface area (TPSA) is 97.1 Å². The highest BCUT2D eigenvalue weighted by Crippen LogP contribution is 2.26. The number of nitrogens with zero attached hydrogens (tertiary/aromatic N) is 2. The normalized spacial score (nSPS) is 21.5. The Kier molecular flexibility index (Phi) is 5.15. The summed E-state index contributed by atoms with van der Waals surface area (Å²) in [7, 11) is -3.11. The zero-order valence-corrected chi connectivity index (χ0v) is 14.4. The van der Waals surface area contributed by atoms with Crippen LogP contribution in [0.1, 0.15) is 25.7 Å². The smallest absolute Gasteiger partial charge is 0.322 e. The molecule has 3 rings (SSSR count). The van der Waals surface area contributed by atoms with E-state index in [1.165, 1.54) is 6.26 Å². The third-order valence-corrected chi connectivity index (χ3v) is 4.96. The Morgan fingerprint density at radius 1 is 1.17 bits per heavy atom. The quantitative estimate of drug-likeness (QED) is 0.829.